The number of aliphatic hydroxyl groups excluding tert-OH is 2. The van der Waals surface area contributed by atoms with Crippen LogP contribution in [0.5, 0.6) is 0 Å². The predicted octanol–water partition coefficient (Wildman–Crippen LogP) is -3.46. The molecule has 0 rings (SSSR count). The minimum atomic E-state index is -1.65. The molecule has 0 aliphatic carbocycles. The van der Waals surface area contributed by atoms with Gasteiger partial charge in [-0.15, -0.1) is 0 Å². The van der Waals surface area contributed by atoms with E-state index in [1.54, 1.807) is 13.8 Å². The minimum absolute atomic E-state index is 0.240. The Hall–Kier alpha value is -2.77. The van der Waals surface area contributed by atoms with Gasteiger partial charge in [-0.3, -0.25) is 19.2 Å². The van der Waals surface area contributed by atoms with Crippen molar-refractivity contribution in [1.82, 2.24) is 16.0 Å². The summed E-state index contributed by atoms with van der Waals surface area (Å²) in [5, 5.41) is 34.6. The summed E-state index contributed by atoms with van der Waals surface area (Å²) in [6.45, 7) is 3.96. The van der Waals surface area contributed by atoms with Crippen LogP contribution < -0.4 is 27.4 Å². The van der Waals surface area contributed by atoms with Gasteiger partial charge in [0, 0.05) is 6.42 Å². The molecule has 4 amide bonds. The summed E-state index contributed by atoms with van der Waals surface area (Å²) in [7, 11) is 0. The van der Waals surface area contributed by atoms with Gasteiger partial charge in [0.1, 0.15) is 18.1 Å². The number of carboxylic acid groups (broad SMARTS) is 1. The number of amides is 4. The SMILES string of the molecule is CCC(C)C(NC(=O)C(N)CO)C(=O)NC(CCC(N)=O)C(=O)NC(C(=O)O)C(C)O. The maximum absolute atomic E-state index is 12.8. The summed E-state index contributed by atoms with van der Waals surface area (Å²) in [5.41, 5.74) is 10.6. The van der Waals surface area contributed by atoms with Crippen LogP contribution in [0.3, 0.4) is 0 Å². The highest BCUT2D eigenvalue weighted by Gasteiger charge is 2.33. The van der Waals surface area contributed by atoms with E-state index in [9.17, 15) is 29.1 Å². The molecule has 0 fully saturated rings. The van der Waals surface area contributed by atoms with Crippen molar-refractivity contribution in [3.05, 3.63) is 0 Å². The molecule has 6 atom stereocenters. The Labute approximate surface area is 179 Å². The Morgan fingerprint density at radius 2 is 1.48 bits per heavy atom. The van der Waals surface area contributed by atoms with Crippen molar-refractivity contribution in [1.29, 1.82) is 0 Å². The van der Waals surface area contributed by atoms with Gasteiger partial charge in [0.15, 0.2) is 6.04 Å². The number of hydrogen-bond acceptors (Lipinski definition) is 8. The number of aliphatic hydroxyl groups is 2. The normalized spacial score (nSPS) is 16.7. The topological polar surface area (TPSA) is 234 Å². The van der Waals surface area contributed by atoms with Gasteiger partial charge in [-0.2, -0.15) is 0 Å². The average Bonchev–Trinajstić information content (AvgIpc) is 2.70. The number of rotatable bonds is 14. The highest BCUT2D eigenvalue weighted by Crippen LogP contribution is 2.10. The minimum Gasteiger partial charge on any atom is -0.480 e. The Balaban J connectivity index is 5.58. The molecule has 0 spiro atoms. The van der Waals surface area contributed by atoms with Crippen LogP contribution in [0.1, 0.15) is 40.0 Å². The first-order valence-corrected chi connectivity index (χ1v) is 9.82. The number of nitrogens with one attached hydrogen (secondary N) is 3. The molecule has 178 valence electrons. The van der Waals surface area contributed by atoms with E-state index in [0.29, 0.717) is 6.42 Å². The van der Waals surface area contributed by atoms with E-state index in [1.807, 2.05) is 0 Å². The Morgan fingerprint density at radius 3 is 1.90 bits per heavy atom. The molecule has 13 heteroatoms. The van der Waals surface area contributed by atoms with Gasteiger partial charge in [0.25, 0.3) is 0 Å². The monoisotopic (exact) mass is 447 g/mol. The first-order chi connectivity index (χ1) is 14.3. The fourth-order valence-corrected chi connectivity index (χ4v) is 2.50. The van der Waals surface area contributed by atoms with Crippen molar-refractivity contribution in [3.63, 3.8) is 0 Å². The zero-order valence-corrected chi connectivity index (χ0v) is 17.8. The third-order valence-electron chi connectivity index (χ3n) is 4.69. The van der Waals surface area contributed by atoms with Gasteiger partial charge in [-0.05, 0) is 19.3 Å². The zero-order chi connectivity index (χ0) is 24.3. The summed E-state index contributed by atoms with van der Waals surface area (Å²) in [6, 6.07) is -5.38. The number of primary amides is 1. The van der Waals surface area contributed by atoms with Crippen LogP contribution in [0, 0.1) is 5.92 Å². The van der Waals surface area contributed by atoms with Gasteiger partial charge in [0.2, 0.25) is 23.6 Å². The lowest BCUT2D eigenvalue weighted by Gasteiger charge is -2.28. The molecule has 6 unspecified atom stereocenters. The second-order valence-corrected chi connectivity index (χ2v) is 7.29. The van der Waals surface area contributed by atoms with E-state index in [4.69, 9.17) is 21.7 Å². The van der Waals surface area contributed by atoms with Crippen molar-refractivity contribution in [2.75, 3.05) is 6.61 Å². The molecule has 0 aromatic heterocycles. The number of nitrogens with two attached hydrogens (primary N) is 2. The molecule has 0 bridgehead atoms. The van der Waals surface area contributed by atoms with Crippen LogP contribution in [0.15, 0.2) is 0 Å². The molecule has 0 aliphatic heterocycles. The van der Waals surface area contributed by atoms with E-state index in [1.165, 1.54) is 0 Å². The average molecular weight is 447 g/mol. The number of carbonyl (C=O) groups excluding carboxylic acids is 4. The molecule has 0 aromatic rings. The molecule has 0 radical (unpaired) electrons. The Morgan fingerprint density at radius 1 is 0.935 bits per heavy atom. The molecular weight excluding hydrogens is 414 g/mol. The maximum atomic E-state index is 12.8. The fraction of sp³-hybridized carbons (Fsp3) is 0.722. The molecule has 31 heavy (non-hydrogen) atoms. The van der Waals surface area contributed by atoms with Crippen molar-refractivity contribution in [2.24, 2.45) is 17.4 Å². The lowest BCUT2D eigenvalue weighted by atomic mass is 9.97. The summed E-state index contributed by atoms with van der Waals surface area (Å²) in [6.07, 6.45) is -1.49. The third-order valence-corrected chi connectivity index (χ3v) is 4.69. The number of carbonyl (C=O) groups is 5. The standard InChI is InChI=1S/C18H33N5O8/c1-4-8(2)13(22-15(27)10(19)7-24)17(29)21-11(5-6-12(20)26)16(28)23-14(9(3)25)18(30)31/h8-11,13-14,24-25H,4-7,19H2,1-3H3,(H2,20,26)(H,21,29)(H,22,27)(H,23,28)(H,30,31). The quantitative estimate of drug-likeness (QED) is 0.132. The molecule has 10 N–H and O–H groups in total. The lowest BCUT2D eigenvalue weighted by Crippen LogP contribution is -2.59. The van der Waals surface area contributed by atoms with Gasteiger partial charge < -0.3 is 42.7 Å². The molecule has 13 nitrogen and oxygen atoms in total. The maximum Gasteiger partial charge on any atom is 0.328 e. The molecular formula is C18H33N5O8. The van der Waals surface area contributed by atoms with E-state index in [-0.39, 0.29) is 18.8 Å². The molecule has 0 saturated carbocycles. The van der Waals surface area contributed by atoms with Crippen LogP contribution in [-0.2, 0) is 24.0 Å². The highest BCUT2D eigenvalue weighted by molar-refractivity contribution is 5.94. The highest BCUT2D eigenvalue weighted by atomic mass is 16.4. The molecule has 0 saturated heterocycles. The summed E-state index contributed by atoms with van der Waals surface area (Å²) >= 11 is 0. The lowest BCUT2D eigenvalue weighted by molar-refractivity contribution is -0.145. The fourth-order valence-electron chi connectivity index (χ4n) is 2.50. The van der Waals surface area contributed by atoms with Crippen LogP contribution >= 0.6 is 0 Å². The van der Waals surface area contributed by atoms with Crippen molar-refractivity contribution < 1.29 is 39.3 Å². The summed E-state index contributed by atoms with van der Waals surface area (Å²) in [5.74, 6) is -5.14. The van der Waals surface area contributed by atoms with E-state index in [0.717, 1.165) is 6.92 Å². The van der Waals surface area contributed by atoms with Crippen LogP contribution in [0.4, 0.5) is 0 Å². The summed E-state index contributed by atoms with van der Waals surface area (Å²) < 4.78 is 0. The van der Waals surface area contributed by atoms with E-state index < -0.39 is 66.5 Å². The van der Waals surface area contributed by atoms with Gasteiger partial charge in [0.05, 0.1) is 12.7 Å². The smallest absolute Gasteiger partial charge is 0.328 e. The molecule has 0 aromatic carbocycles. The number of aliphatic carboxylic acids is 1. The molecule has 0 heterocycles. The first-order valence-electron chi connectivity index (χ1n) is 9.82. The van der Waals surface area contributed by atoms with Gasteiger partial charge >= 0.3 is 5.97 Å². The van der Waals surface area contributed by atoms with Crippen molar-refractivity contribution in [3.8, 4) is 0 Å². The third kappa shape index (κ3) is 9.72. The zero-order valence-electron chi connectivity index (χ0n) is 17.8. The number of carboxylic acids is 1. The van der Waals surface area contributed by atoms with Crippen LogP contribution in [-0.4, -0.2) is 81.8 Å². The van der Waals surface area contributed by atoms with Crippen molar-refractivity contribution in [2.45, 2.75) is 70.3 Å². The van der Waals surface area contributed by atoms with Crippen LogP contribution in [0.2, 0.25) is 0 Å². The largest absolute Gasteiger partial charge is 0.480 e. The summed E-state index contributed by atoms with van der Waals surface area (Å²) in [4.78, 5) is 59.8. The second-order valence-electron chi connectivity index (χ2n) is 7.29. The van der Waals surface area contributed by atoms with Crippen LogP contribution in [0.25, 0.3) is 0 Å². The Bertz CT molecular complexity index is 657. The molecule has 0 aliphatic rings. The predicted molar refractivity (Wildman–Crippen MR) is 108 cm³/mol. The first kappa shape index (κ1) is 28.2. The van der Waals surface area contributed by atoms with Gasteiger partial charge in [-0.25, -0.2) is 4.79 Å². The van der Waals surface area contributed by atoms with E-state index in [2.05, 4.69) is 16.0 Å². The Kier molecular flexibility index (Phi) is 12.3. The van der Waals surface area contributed by atoms with E-state index >= 15 is 0 Å². The second kappa shape index (κ2) is 13.5. The number of hydrogen-bond donors (Lipinski definition) is 8. The van der Waals surface area contributed by atoms with Crippen molar-refractivity contribution >= 4 is 29.6 Å². The van der Waals surface area contributed by atoms with Gasteiger partial charge in [-0.1, -0.05) is 20.3 Å².